The number of amides is 2. The molecule has 0 aliphatic heterocycles. The molecule has 6 nitrogen and oxygen atoms in total. The molecule has 2 N–H and O–H groups in total. The number of aryl methyl sites for hydroxylation is 2. The zero-order valence-electron chi connectivity index (χ0n) is 15.3. The molecule has 0 radical (unpaired) electrons. The minimum Gasteiger partial charge on any atom is -0.441 e. The summed E-state index contributed by atoms with van der Waals surface area (Å²) in [5.74, 6) is 1.05. The molecule has 0 saturated carbocycles. The van der Waals surface area contributed by atoms with Gasteiger partial charge in [0.15, 0.2) is 0 Å². The van der Waals surface area contributed by atoms with E-state index in [9.17, 15) is 9.59 Å². The zero-order valence-corrected chi connectivity index (χ0v) is 15.3. The molecule has 0 saturated heterocycles. The summed E-state index contributed by atoms with van der Waals surface area (Å²) >= 11 is 0. The van der Waals surface area contributed by atoms with Crippen LogP contribution in [0.4, 0.5) is 11.4 Å². The van der Waals surface area contributed by atoms with E-state index in [1.807, 2.05) is 37.3 Å². The van der Waals surface area contributed by atoms with E-state index in [0.717, 1.165) is 17.0 Å². The predicted octanol–water partition coefficient (Wildman–Crippen LogP) is 4.18. The first-order valence-electron chi connectivity index (χ1n) is 8.70. The highest BCUT2D eigenvalue weighted by atomic mass is 16.4. The Bertz CT molecular complexity index is 931. The molecule has 3 rings (SSSR count). The summed E-state index contributed by atoms with van der Waals surface area (Å²) in [4.78, 5) is 27.7. The summed E-state index contributed by atoms with van der Waals surface area (Å²) in [6, 6.07) is 16.6. The second-order valence-electron chi connectivity index (χ2n) is 6.19. The average Bonchev–Trinajstić information content (AvgIpc) is 3.03. The molecule has 138 valence electrons. The molecule has 0 aliphatic rings. The Morgan fingerprint density at radius 3 is 2.22 bits per heavy atom. The Kier molecular flexibility index (Phi) is 5.66. The average molecular weight is 363 g/mol. The first kappa shape index (κ1) is 18.4. The Labute approximate surface area is 157 Å². The highest BCUT2D eigenvalue weighted by molar-refractivity contribution is 5.92. The SMILES string of the molecule is CC(=O)Nc1ccc(NC(=O)CCc2nc(-c3ccccc3)oc2C)cc1. The Hall–Kier alpha value is -3.41. The largest absolute Gasteiger partial charge is 0.441 e. The Balaban J connectivity index is 1.56. The van der Waals surface area contributed by atoms with E-state index < -0.39 is 0 Å². The minimum atomic E-state index is -0.135. The highest BCUT2D eigenvalue weighted by Gasteiger charge is 2.13. The number of anilines is 2. The third kappa shape index (κ3) is 5.04. The van der Waals surface area contributed by atoms with Crippen molar-refractivity contribution in [2.24, 2.45) is 0 Å². The maximum Gasteiger partial charge on any atom is 0.226 e. The number of hydrogen-bond acceptors (Lipinski definition) is 4. The molecular weight excluding hydrogens is 342 g/mol. The van der Waals surface area contributed by atoms with E-state index in [-0.39, 0.29) is 11.8 Å². The first-order chi connectivity index (χ1) is 13.0. The zero-order chi connectivity index (χ0) is 19.2. The molecule has 0 bridgehead atoms. The van der Waals surface area contributed by atoms with Gasteiger partial charge in [-0.3, -0.25) is 9.59 Å². The number of oxazole rings is 1. The fraction of sp³-hybridized carbons (Fsp3) is 0.190. The van der Waals surface area contributed by atoms with Crippen LogP contribution in [-0.2, 0) is 16.0 Å². The molecule has 0 atom stereocenters. The summed E-state index contributed by atoms with van der Waals surface area (Å²) in [6.07, 6.45) is 0.799. The Morgan fingerprint density at radius 1 is 0.963 bits per heavy atom. The van der Waals surface area contributed by atoms with Gasteiger partial charge in [-0.2, -0.15) is 0 Å². The summed E-state index contributed by atoms with van der Waals surface area (Å²) in [7, 11) is 0. The summed E-state index contributed by atoms with van der Waals surface area (Å²) in [5, 5.41) is 5.52. The van der Waals surface area contributed by atoms with E-state index in [1.54, 1.807) is 24.3 Å². The van der Waals surface area contributed by atoms with Crippen molar-refractivity contribution < 1.29 is 14.0 Å². The van der Waals surface area contributed by atoms with Crippen molar-refractivity contribution in [2.75, 3.05) is 10.6 Å². The number of carbonyl (C=O) groups is 2. The van der Waals surface area contributed by atoms with Gasteiger partial charge in [-0.05, 0) is 43.3 Å². The molecule has 0 spiro atoms. The standard InChI is InChI=1S/C21H21N3O3/c1-14-19(24-21(27-14)16-6-4-3-5-7-16)12-13-20(26)23-18-10-8-17(9-11-18)22-15(2)25/h3-11H,12-13H2,1-2H3,(H,22,25)(H,23,26). The molecule has 27 heavy (non-hydrogen) atoms. The van der Waals surface area contributed by atoms with Gasteiger partial charge in [-0.1, -0.05) is 18.2 Å². The van der Waals surface area contributed by atoms with Crippen LogP contribution in [0, 0.1) is 6.92 Å². The van der Waals surface area contributed by atoms with Crippen LogP contribution < -0.4 is 10.6 Å². The van der Waals surface area contributed by atoms with E-state index in [1.165, 1.54) is 6.92 Å². The predicted molar refractivity (Wildman–Crippen MR) is 104 cm³/mol. The lowest BCUT2D eigenvalue weighted by Gasteiger charge is -2.06. The second-order valence-corrected chi connectivity index (χ2v) is 6.19. The second kappa shape index (κ2) is 8.31. The molecule has 0 unspecified atom stereocenters. The van der Waals surface area contributed by atoms with Crippen LogP contribution in [0.25, 0.3) is 11.5 Å². The van der Waals surface area contributed by atoms with E-state index in [2.05, 4.69) is 15.6 Å². The number of aromatic nitrogens is 1. The van der Waals surface area contributed by atoms with Gasteiger partial charge in [-0.15, -0.1) is 0 Å². The van der Waals surface area contributed by atoms with E-state index >= 15 is 0 Å². The summed E-state index contributed by atoms with van der Waals surface area (Å²) < 4.78 is 5.72. The van der Waals surface area contributed by atoms with Gasteiger partial charge in [0.05, 0.1) is 5.69 Å². The van der Waals surface area contributed by atoms with Crippen molar-refractivity contribution in [1.29, 1.82) is 0 Å². The summed E-state index contributed by atoms with van der Waals surface area (Å²) in [5.41, 5.74) is 3.06. The molecule has 0 aliphatic carbocycles. The van der Waals surface area contributed by atoms with Gasteiger partial charge in [0.1, 0.15) is 5.76 Å². The highest BCUT2D eigenvalue weighted by Crippen LogP contribution is 2.22. The van der Waals surface area contributed by atoms with Crippen LogP contribution >= 0.6 is 0 Å². The van der Waals surface area contributed by atoms with Crippen molar-refractivity contribution in [1.82, 2.24) is 4.98 Å². The number of carbonyl (C=O) groups excluding carboxylic acids is 2. The molecule has 2 amide bonds. The van der Waals surface area contributed by atoms with E-state index in [0.29, 0.717) is 30.1 Å². The third-order valence-electron chi connectivity index (χ3n) is 3.99. The first-order valence-corrected chi connectivity index (χ1v) is 8.70. The lowest BCUT2D eigenvalue weighted by atomic mass is 10.2. The van der Waals surface area contributed by atoms with Crippen molar-refractivity contribution in [2.45, 2.75) is 26.7 Å². The smallest absolute Gasteiger partial charge is 0.226 e. The van der Waals surface area contributed by atoms with Gasteiger partial charge in [0, 0.05) is 36.7 Å². The number of benzene rings is 2. The number of rotatable bonds is 6. The van der Waals surface area contributed by atoms with Crippen molar-refractivity contribution in [3.05, 3.63) is 66.1 Å². The Morgan fingerprint density at radius 2 is 1.59 bits per heavy atom. The molecule has 0 fully saturated rings. The van der Waals surface area contributed by atoms with Crippen LogP contribution in [0.3, 0.4) is 0 Å². The van der Waals surface area contributed by atoms with Crippen molar-refractivity contribution >= 4 is 23.2 Å². The normalized spacial score (nSPS) is 10.4. The quantitative estimate of drug-likeness (QED) is 0.688. The van der Waals surface area contributed by atoms with Crippen molar-refractivity contribution in [3.63, 3.8) is 0 Å². The maximum absolute atomic E-state index is 12.2. The molecular formula is C21H21N3O3. The fourth-order valence-corrected chi connectivity index (χ4v) is 2.66. The van der Waals surface area contributed by atoms with Crippen LogP contribution in [0.2, 0.25) is 0 Å². The van der Waals surface area contributed by atoms with Crippen LogP contribution in [-0.4, -0.2) is 16.8 Å². The molecule has 1 aromatic heterocycles. The topological polar surface area (TPSA) is 84.2 Å². The van der Waals surface area contributed by atoms with E-state index in [4.69, 9.17) is 4.42 Å². The third-order valence-corrected chi connectivity index (χ3v) is 3.99. The fourth-order valence-electron chi connectivity index (χ4n) is 2.66. The molecule has 1 heterocycles. The molecule has 2 aromatic carbocycles. The maximum atomic E-state index is 12.2. The van der Waals surface area contributed by atoms with Crippen LogP contribution in [0.15, 0.2) is 59.0 Å². The van der Waals surface area contributed by atoms with Gasteiger partial charge in [0.2, 0.25) is 17.7 Å². The van der Waals surface area contributed by atoms with Crippen LogP contribution in [0.5, 0.6) is 0 Å². The molecule has 6 heteroatoms. The minimum absolute atomic E-state index is 0.106. The van der Waals surface area contributed by atoms with Gasteiger partial charge < -0.3 is 15.1 Å². The number of nitrogens with zero attached hydrogens (tertiary/aromatic N) is 1. The van der Waals surface area contributed by atoms with Gasteiger partial charge >= 0.3 is 0 Å². The number of nitrogens with one attached hydrogen (secondary N) is 2. The monoisotopic (exact) mass is 363 g/mol. The van der Waals surface area contributed by atoms with Crippen molar-refractivity contribution in [3.8, 4) is 11.5 Å². The van der Waals surface area contributed by atoms with Crippen LogP contribution in [0.1, 0.15) is 24.8 Å². The van der Waals surface area contributed by atoms with Gasteiger partial charge in [-0.25, -0.2) is 4.98 Å². The number of hydrogen-bond donors (Lipinski definition) is 2. The van der Waals surface area contributed by atoms with Gasteiger partial charge in [0.25, 0.3) is 0 Å². The lowest BCUT2D eigenvalue weighted by Crippen LogP contribution is -2.13. The molecule has 3 aromatic rings. The lowest BCUT2D eigenvalue weighted by molar-refractivity contribution is -0.116. The summed E-state index contributed by atoms with van der Waals surface area (Å²) in [6.45, 7) is 3.30.